The average molecular weight is 223 g/mol. The molecule has 0 aliphatic carbocycles. The van der Waals surface area contributed by atoms with Gasteiger partial charge in [0.25, 0.3) is 0 Å². The number of rotatable bonds is 1. The number of hydrogen-bond donors (Lipinski definition) is 1. The lowest BCUT2D eigenvalue weighted by molar-refractivity contribution is 0.586. The van der Waals surface area contributed by atoms with Gasteiger partial charge in [-0.3, -0.25) is 0 Å². The Morgan fingerprint density at radius 2 is 2.20 bits per heavy atom. The monoisotopic (exact) mass is 223 g/mol. The number of nitrogens with zero attached hydrogens (tertiary/aromatic N) is 4. The van der Waals surface area contributed by atoms with E-state index in [0.717, 1.165) is 42.0 Å². The average Bonchev–Trinajstić information content (AvgIpc) is 2.76. The van der Waals surface area contributed by atoms with Gasteiger partial charge in [0, 0.05) is 26.2 Å². The Kier molecular flexibility index (Phi) is 2.10. The van der Waals surface area contributed by atoms with Crippen LogP contribution in [-0.2, 0) is 0 Å². The summed E-state index contributed by atoms with van der Waals surface area (Å²) >= 11 is 1.66. The van der Waals surface area contributed by atoms with Gasteiger partial charge >= 0.3 is 0 Å². The van der Waals surface area contributed by atoms with Gasteiger partial charge in [0.1, 0.15) is 0 Å². The fourth-order valence-electron chi connectivity index (χ4n) is 1.78. The largest absolute Gasteiger partial charge is 0.344 e. The first-order valence-electron chi connectivity index (χ1n) is 5.11. The molecule has 6 heteroatoms. The first-order chi connectivity index (χ1) is 7.33. The Bertz CT molecular complexity index is 436. The molecule has 0 bridgehead atoms. The second kappa shape index (κ2) is 3.46. The molecule has 2 aromatic heterocycles. The van der Waals surface area contributed by atoms with Crippen LogP contribution in [0.4, 0.5) is 5.13 Å². The highest BCUT2D eigenvalue weighted by atomic mass is 32.1. The summed E-state index contributed by atoms with van der Waals surface area (Å²) in [6, 6.07) is 0. The molecule has 1 fully saturated rings. The summed E-state index contributed by atoms with van der Waals surface area (Å²) in [5, 5.41) is 8.94. The Morgan fingerprint density at radius 1 is 1.40 bits per heavy atom. The zero-order valence-electron chi connectivity index (χ0n) is 8.60. The smallest absolute Gasteiger partial charge is 0.214 e. The molecular formula is C9H13N5S. The lowest BCUT2D eigenvalue weighted by Crippen LogP contribution is -2.43. The number of aryl methyl sites for hydroxylation is 1. The van der Waals surface area contributed by atoms with Crippen molar-refractivity contribution in [2.75, 3.05) is 31.1 Å². The van der Waals surface area contributed by atoms with Crippen molar-refractivity contribution in [3.05, 3.63) is 11.9 Å². The van der Waals surface area contributed by atoms with E-state index in [-0.39, 0.29) is 0 Å². The van der Waals surface area contributed by atoms with Crippen LogP contribution in [0, 0.1) is 6.92 Å². The Hall–Kier alpha value is -1.14. The van der Waals surface area contributed by atoms with Crippen LogP contribution in [-0.4, -0.2) is 40.8 Å². The van der Waals surface area contributed by atoms with Crippen LogP contribution in [0.5, 0.6) is 0 Å². The van der Waals surface area contributed by atoms with Crippen LogP contribution in [0.25, 0.3) is 4.96 Å². The number of hydrogen-bond acceptors (Lipinski definition) is 5. The second-order valence-electron chi connectivity index (χ2n) is 3.73. The van der Waals surface area contributed by atoms with Crippen molar-refractivity contribution in [3.8, 4) is 0 Å². The molecule has 0 saturated carbocycles. The summed E-state index contributed by atoms with van der Waals surface area (Å²) in [7, 11) is 0. The van der Waals surface area contributed by atoms with Gasteiger partial charge in [-0.05, 0) is 6.92 Å². The molecule has 1 aliphatic rings. The SMILES string of the molecule is Cc1cn2nc(N3CCNCC3)sc2n1. The van der Waals surface area contributed by atoms with Gasteiger partial charge < -0.3 is 10.2 Å². The molecule has 2 aromatic rings. The lowest BCUT2D eigenvalue weighted by atomic mass is 10.4. The number of aromatic nitrogens is 3. The van der Waals surface area contributed by atoms with Crippen LogP contribution in [0.2, 0.25) is 0 Å². The van der Waals surface area contributed by atoms with Crippen LogP contribution in [0.15, 0.2) is 6.20 Å². The number of imidazole rings is 1. The van der Waals surface area contributed by atoms with Gasteiger partial charge in [-0.1, -0.05) is 11.3 Å². The fourth-order valence-corrected chi connectivity index (χ4v) is 2.76. The molecule has 0 radical (unpaired) electrons. The highest BCUT2D eigenvalue weighted by molar-refractivity contribution is 7.20. The maximum atomic E-state index is 4.53. The highest BCUT2D eigenvalue weighted by Crippen LogP contribution is 2.23. The third kappa shape index (κ3) is 1.59. The summed E-state index contributed by atoms with van der Waals surface area (Å²) in [5.41, 5.74) is 1.03. The van der Waals surface area contributed by atoms with E-state index in [1.54, 1.807) is 11.3 Å². The quantitative estimate of drug-likeness (QED) is 0.765. The standard InChI is InChI=1S/C9H13N5S/c1-7-6-14-8(11-7)15-9(12-14)13-4-2-10-3-5-13/h6,10H,2-5H2,1H3. The summed E-state index contributed by atoms with van der Waals surface area (Å²) in [6.45, 7) is 6.15. The molecule has 15 heavy (non-hydrogen) atoms. The molecule has 1 aliphatic heterocycles. The van der Waals surface area contributed by atoms with Crippen molar-refractivity contribution in [1.29, 1.82) is 0 Å². The van der Waals surface area contributed by atoms with E-state index in [2.05, 4.69) is 20.3 Å². The van der Waals surface area contributed by atoms with Crippen LogP contribution in [0.1, 0.15) is 5.69 Å². The zero-order chi connectivity index (χ0) is 10.3. The minimum absolute atomic E-state index is 0.987. The van der Waals surface area contributed by atoms with E-state index in [0.29, 0.717) is 0 Å². The zero-order valence-corrected chi connectivity index (χ0v) is 9.42. The molecule has 0 spiro atoms. The van der Waals surface area contributed by atoms with Gasteiger partial charge in [0.15, 0.2) is 0 Å². The van der Waals surface area contributed by atoms with Crippen molar-refractivity contribution in [2.45, 2.75) is 6.92 Å². The Morgan fingerprint density at radius 3 is 2.93 bits per heavy atom. The first kappa shape index (κ1) is 9.11. The van der Waals surface area contributed by atoms with Crippen molar-refractivity contribution < 1.29 is 0 Å². The summed E-state index contributed by atoms with van der Waals surface area (Å²) in [6.07, 6.45) is 1.97. The van der Waals surface area contributed by atoms with Crippen LogP contribution < -0.4 is 10.2 Å². The molecule has 5 nitrogen and oxygen atoms in total. The van der Waals surface area contributed by atoms with E-state index in [4.69, 9.17) is 0 Å². The van der Waals surface area contributed by atoms with Gasteiger partial charge in [0.2, 0.25) is 10.1 Å². The van der Waals surface area contributed by atoms with E-state index < -0.39 is 0 Å². The number of fused-ring (bicyclic) bond motifs is 1. The highest BCUT2D eigenvalue weighted by Gasteiger charge is 2.15. The molecule has 0 atom stereocenters. The van der Waals surface area contributed by atoms with Gasteiger partial charge in [-0.15, -0.1) is 5.10 Å². The maximum Gasteiger partial charge on any atom is 0.214 e. The van der Waals surface area contributed by atoms with Crippen molar-refractivity contribution >= 4 is 21.4 Å². The lowest BCUT2D eigenvalue weighted by Gasteiger charge is -2.26. The third-order valence-electron chi connectivity index (χ3n) is 2.54. The molecule has 0 amide bonds. The molecule has 0 aromatic carbocycles. The number of nitrogens with one attached hydrogen (secondary N) is 1. The summed E-state index contributed by atoms with van der Waals surface area (Å²) in [4.78, 5) is 7.70. The molecule has 1 N–H and O–H groups in total. The number of anilines is 1. The van der Waals surface area contributed by atoms with Crippen LogP contribution in [0.3, 0.4) is 0 Å². The maximum absolute atomic E-state index is 4.53. The first-order valence-corrected chi connectivity index (χ1v) is 5.93. The molecule has 80 valence electrons. The van der Waals surface area contributed by atoms with Crippen LogP contribution >= 0.6 is 11.3 Å². The van der Waals surface area contributed by atoms with Gasteiger partial charge in [-0.2, -0.15) is 0 Å². The van der Waals surface area contributed by atoms with E-state index in [9.17, 15) is 0 Å². The van der Waals surface area contributed by atoms with E-state index in [1.165, 1.54) is 0 Å². The Balaban J connectivity index is 1.93. The predicted octanol–water partition coefficient (Wildman–Crippen LogP) is 0.509. The molecule has 1 saturated heterocycles. The van der Waals surface area contributed by atoms with Gasteiger partial charge in [0.05, 0.1) is 11.9 Å². The van der Waals surface area contributed by atoms with Crippen molar-refractivity contribution in [3.63, 3.8) is 0 Å². The minimum Gasteiger partial charge on any atom is -0.344 e. The molecule has 3 rings (SSSR count). The van der Waals surface area contributed by atoms with Crippen molar-refractivity contribution in [2.24, 2.45) is 0 Å². The molecular weight excluding hydrogens is 210 g/mol. The van der Waals surface area contributed by atoms with E-state index >= 15 is 0 Å². The fraction of sp³-hybridized carbons (Fsp3) is 0.556. The molecule has 0 unspecified atom stereocenters. The van der Waals surface area contributed by atoms with Gasteiger partial charge in [-0.25, -0.2) is 9.50 Å². The minimum atomic E-state index is 0.987. The predicted molar refractivity (Wildman–Crippen MR) is 60.7 cm³/mol. The topological polar surface area (TPSA) is 45.5 Å². The third-order valence-corrected chi connectivity index (χ3v) is 3.52. The van der Waals surface area contributed by atoms with Crippen molar-refractivity contribution in [1.82, 2.24) is 19.9 Å². The molecule has 3 heterocycles. The van der Waals surface area contributed by atoms with E-state index in [1.807, 2.05) is 17.6 Å². The number of piperazine rings is 1. The summed E-state index contributed by atoms with van der Waals surface area (Å²) in [5.74, 6) is 0. The Labute approximate surface area is 91.7 Å². The normalized spacial score (nSPS) is 17.5. The summed E-state index contributed by atoms with van der Waals surface area (Å²) < 4.78 is 1.87. The second-order valence-corrected chi connectivity index (χ2v) is 4.67.